The van der Waals surface area contributed by atoms with E-state index in [1.165, 1.54) is 0 Å². The van der Waals surface area contributed by atoms with Crippen LogP contribution < -0.4 is 5.32 Å². The second kappa shape index (κ2) is 7.41. The maximum atomic E-state index is 12.5. The molecule has 0 bridgehead atoms. The lowest BCUT2D eigenvalue weighted by Crippen LogP contribution is -2.47. The largest absolute Gasteiger partial charge is 0.396 e. The molecule has 1 saturated heterocycles. The zero-order valence-corrected chi connectivity index (χ0v) is 12.8. The topological polar surface area (TPSA) is 58.6 Å². The molecule has 2 fully saturated rings. The van der Waals surface area contributed by atoms with Gasteiger partial charge in [-0.2, -0.15) is 0 Å². The molecule has 0 aromatic rings. The first kappa shape index (κ1) is 15.8. The summed E-state index contributed by atoms with van der Waals surface area (Å²) in [5.41, 5.74) is 0. The number of aliphatic hydroxyl groups is 1. The molecular weight excluding hydrogens is 254 g/mol. The minimum atomic E-state index is 0.0133. The van der Waals surface area contributed by atoms with E-state index in [0.717, 1.165) is 45.1 Å². The van der Waals surface area contributed by atoms with Crippen molar-refractivity contribution in [1.82, 2.24) is 5.32 Å². The van der Waals surface area contributed by atoms with Crippen LogP contribution in [-0.4, -0.2) is 36.4 Å². The first-order valence-electron chi connectivity index (χ1n) is 8.14. The highest BCUT2D eigenvalue weighted by atomic mass is 16.5. The van der Waals surface area contributed by atoms with Gasteiger partial charge in [-0.05, 0) is 50.4 Å². The summed E-state index contributed by atoms with van der Waals surface area (Å²) in [6, 6.07) is 0.292. The van der Waals surface area contributed by atoms with Crippen molar-refractivity contribution in [2.45, 2.75) is 64.5 Å². The smallest absolute Gasteiger partial charge is 0.225 e. The van der Waals surface area contributed by atoms with Gasteiger partial charge in [-0.3, -0.25) is 4.79 Å². The number of rotatable bonds is 4. The Morgan fingerprint density at radius 1 is 1.25 bits per heavy atom. The second-order valence-corrected chi connectivity index (χ2v) is 6.74. The maximum Gasteiger partial charge on any atom is 0.225 e. The number of hydrogen-bond donors (Lipinski definition) is 2. The Hall–Kier alpha value is -0.610. The fourth-order valence-corrected chi connectivity index (χ4v) is 3.54. The van der Waals surface area contributed by atoms with E-state index in [1.54, 1.807) is 0 Å². The fourth-order valence-electron chi connectivity index (χ4n) is 3.54. The highest BCUT2D eigenvalue weighted by Crippen LogP contribution is 2.28. The van der Waals surface area contributed by atoms with Gasteiger partial charge in [0.1, 0.15) is 0 Å². The lowest BCUT2D eigenvalue weighted by molar-refractivity contribution is -0.138. The molecule has 2 rings (SSSR count). The number of carbonyl (C=O) groups excluding carboxylic acids is 1. The van der Waals surface area contributed by atoms with Gasteiger partial charge in [-0.1, -0.05) is 13.8 Å². The molecule has 1 aliphatic heterocycles. The van der Waals surface area contributed by atoms with Gasteiger partial charge in [-0.25, -0.2) is 0 Å². The van der Waals surface area contributed by atoms with Crippen molar-refractivity contribution in [3.8, 4) is 0 Å². The standard InChI is InChI=1S/C16H29NO3/c1-11(2)15-14(4-3-9-20-15)16(19)17-13-7-5-12(10-18)6-8-13/h11-15,18H,3-10H2,1-2H3,(H,17,19)/t12?,13?,14-,15-/m0/s1. The van der Waals surface area contributed by atoms with Crippen LogP contribution in [0.4, 0.5) is 0 Å². The third kappa shape index (κ3) is 3.95. The Balaban J connectivity index is 1.84. The zero-order chi connectivity index (χ0) is 14.5. The first-order valence-corrected chi connectivity index (χ1v) is 8.14. The molecule has 1 saturated carbocycles. The van der Waals surface area contributed by atoms with E-state index in [2.05, 4.69) is 19.2 Å². The summed E-state index contributed by atoms with van der Waals surface area (Å²) in [6.07, 6.45) is 6.04. The number of aliphatic hydroxyl groups excluding tert-OH is 1. The monoisotopic (exact) mass is 283 g/mol. The number of ether oxygens (including phenoxy) is 1. The summed E-state index contributed by atoms with van der Waals surface area (Å²) in [4.78, 5) is 12.5. The first-order chi connectivity index (χ1) is 9.61. The Morgan fingerprint density at radius 2 is 1.95 bits per heavy atom. The Bertz CT molecular complexity index is 311. The Kier molecular flexibility index (Phi) is 5.85. The van der Waals surface area contributed by atoms with Crippen LogP contribution in [0.15, 0.2) is 0 Å². The molecule has 0 spiro atoms. The SMILES string of the molecule is CC(C)[C@@H]1OCCC[C@@H]1C(=O)NC1CCC(CO)CC1. The molecule has 0 aromatic heterocycles. The highest BCUT2D eigenvalue weighted by Gasteiger charge is 2.35. The average Bonchev–Trinajstić information content (AvgIpc) is 2.48. The molecule has 20 heavy (non-hydrogen) atoms. The minimum Gasteiger partial charge on any atom is -0.396 e. The Morgan fingerprint density at radius 3 is 2.55 bits per heavy atom. The lowest BCUT2D eigenvalue weighted by atomic mass is 9.84. The fraction of sp³-hybridized carbons (Fsp3) is 0.938. The van der Waals surface area contributed by atoms with Crippen LogP contribution in [0.3, 0.4) is 0 Å². The van der Waals surface area contributed by atoms with Crippen LogP contribution in [0.2, 0.25) is 0 Å². The van der Waals surface area contributed by atoms with E-state index >= 15 is 0 Å². The van der Waals surface area contributed by atoms with Crippen LogP contribution in [0.1, 0.15) is 52.4 Å². The number of amides is 1. The van der Waals surface area contributed by atoms with Crippen LogP contribution >= 0.6 is 0 Å². The summed E-state index contributed by atoms with van der Waals surface area (Å²) < 4.78 is 5.80. The molecule has 2 N–H and O–H groups in total. The van der Waals surface area contributed by atoms with Gasteiger partial charge in [0.15, 0.2) is 0 Å². The minimum absolute atomic E-state index is 0.0133. The van der Waals surface area contributed by atoms with Gasteiger partial charge in [0.25, 0.3) is 0 Å². The summed E-state index contributed by atoms with van der Waals surface area (Å²) >= 11 is 0. The van der Waals surface area contributed by atoms with Gasteiger partial charge in [0.2, 0.25) is 5.91 Å². The second-order valence-electron chi connectivity index (χ2n) is 6.74. The van der Waals surface area contributed by atoms with E-state index < -0.39 is 0 Å². The van der Waals surface area contributed by atoms with Crippen LogP contribution in [0.5, 0.6) is 0 Å². The third-order valence-corrected chi connectivity index (χ3v) is 4.81. The van der Waals surface area contributed by atoms with Gasteiger partial charge < -0.3 is 15.2 Å². The average molecular weight is 283 g/mol. The highest BCUT2D eigenvalue weighted by molar-refractivity contribution is 5.79. The van der Waals surface area contributed by atoms with Crippen molar-refractivity contribution in [3.63, 3.8) is 0 Å². The molecular formula is C16H29NO3. The van der Waals surface area contributed by atoms with E-state index in [1.807, 2.05) is 0 Å². The summed E-state index contributed by atoms with van der Waals surface area (Å²) in [6.45, 7) is 5.33. The normalized spacial score (nSPS) is 35.0. The van der Waals surface area contributed by atoms with Crippen LogP contribution in [-0.2, 0) is 9.53 Å². The van der Waals surface area contributed by atoms with Gasteiger partial charge in [0, 0.05) is 19.3 Å². The quantitative estimate of drug-likeness (QED) is 0.831. The Labute approximate surface area is 122 Å². The predicted molar refractivity (Wildman–Crippen MR) is 78.3 cm³/mol. The zero-order valence-electron chi connectivity index (χ0n) is 12.8. The third-order valence-electron chi connectivity index (χ3n) is 4.81. The summed E-state index contributed by atoms with van der Waals surface area (Å²) in [5.74, 6) is 1.01. The van der Waals surface area contributed by atoms with Crippen LogP contribution in [0, 0.1) is 17.8 Å². The van der Waals surface area contributed by atoms with E-state index in [9.17, 15) is 4.79 Å². The van der Waals surface area contributed by atoms with Crippen molar-refractivity contribution in [2.24, 2.45) is 17.8 Å². The predicted octanol–water partition coefficient (Wildman–Crippen LogP) is 2.10. The molecule has 1 aliphatic carbocycles. The molecule has 2 aliphatic rings. The van der Waals surface area contributed by atoms with Crippen LogP contribution in [0.25, 0.3) is 0 Å². The van der Waals surface area contributed by atoms with Crippen molar-refractivity contribution < 1.29 is 14.6 Å². The van der Waals surface area contributed by atoms with Crippen molar-refractivity contribution in [2.75, 3.05) is 13.2 Å². The van der Waals surface area contributed by atoms with Gasteiger partial charge in [-0.15, -0.1) is 0 Å². The molecule has 0 radical (unpaired) electrons. The molecule has 0 aromatic carbocycles. The molecule has 0 unspecified atom stereocenters. The molecule has 1 amide bonds. The molecule has 2 atom stereocenters. The number of nitrogens with one attached hydrogen (secondary N) is 1. The van der Waals surface area contributed by atoms with Crippen molar-refractivity contribution in [1.29, 1.82) is 0 Å². The van der Waals surface area contributed by atoms with E-state index in [4.69, 9.17) is 9.84 Å². The maximum absolute atomic E-state index is 12.5. The molecule has 4 nitrogen and oxygen atoms in total. The van der Waals surface area contributed by atoms with Gasteiger partial charge in [0.05, 0.1) is 12.0 Å². The molecule has 116 valence electrons. The molecule has 1 heterocycles. The lowest BCUT2D eigenvalue weighted by Gasteiger charge is -2.35. The summed E-state index contributed by atoms with van der Waals surface area (Å²) in [7, 11) is 0. The molecule has 4 heteroatoms. The van der Waals surface area contributed by atoms with E-state index in [0.29, 0.717) is 17.9 Å². The summed E-state index contributed by atoms with van der Waals surface area (Å²) in [5, 5.41) is 12.4. The number of carbonyl (C=O) groups is 1. The van der Waals surface area contributed by atoms with E-state index in [-0.39, 0.29) is 24.5 Å². The van der Waals surface area contributed by atoms with Crippen molar-refractivity contribution in [3.05, 3.63) is 0 Å². The van der Waals surface area contributed by atoms with Gasteiger partial charge >= 0.3 is 0 Å². The van der Waals surface area contributed by atoms with Crippen molar-refractivity contribution >= 4 is 5.91 Å². The number of hydrogen-bond acceptors (Lipinski definition) is 3.